The largest absolute Gasteiger partial charge is 0.494 e. The molecule has 0 aliphatic carbocycles. The van der Waals surface area contributed by atoms with Crippen LogP contribution in [0.4, 0.5) is 0 Å². The van der Waals surface area contributed by atoms with Crippen LogP contribution in [0, 0.1) is 0 Å². The second-order valence-electron chi connectivity index (χ2n) is 3.65. The van der Waals surface area contributed by atoms with Crippen LogP contribution in [0.25, 0.3) is 0 Å². The normalized spacial score (nSPS) is 9.75. The van der Waals surface area contributed by atoms with E-state index in [0.717, 1.165) is 16.0 Å². The molecule has 0 saturated heterocycles. The van der Waals surface area contributed by atoms with Crippen molar-refractivity contribution < 1.29 is 9.47 Å². The van der Waals surface area contributed by atoms with Crippen molar-refractivity contribution in [3.05, 3.63) is 34.3 Å². The van der Waals surface area contributed by atoms with Crippen LogP contribution >= 0.6 is 15.9 Å². The highest BCUT2D eigenvalue weighted by Crippen LogP contribution is 2.26. The van der Waals surface area contributed by atoms with Crippen LogP contribution in [-0.4, -0.2) is 13.2 Å². The van der Waals surface area contributed by atoms with Gasteiger partial charge in [-0.25, -0.2) is 0 Å². The van der Waals surface area contributed by atoms with Crippen LogP contribution in [-0.2, 0) is 0 Å². The molecule has 0 aromatic heterocycles. The Balaban J connectivity index is 2.68. The lowest BCUT2D eigenvalue weighted by atomic mass is 10.3. The zero-order valence-corrected chi connectivity index (χ0v) is 11.5. The van der Waals surface area contributed by atoms with Crippen LogP contribution in [0.2, 0.25) is 0 Å². The number of benzene rings is 1. The predicted molar refractivity (Wildman–Crippen MR) is 70.2 cm³/mol. The highest BCUT2D eigenvalue weighted by Gasteiger charge is 2.00. The minimum absolute atomic E-state index is 0.588. The van der Waals surface area contributed by atoms with Crippen molar-refractivity contribution in [3.63, 3.8) is 0 Å². The zero-order valence-electron chi connectivity index (χ0n) is 9.92. The van der Waals surface area contributed by atoms with Gasteiger partial charge in [-0.3, -0.25) is 0 Å². The monoisotopic (exact) mass is 284 g/mol. The van der Waals surface area contributed by atoms with E-state index in [0.29, 0.717) is 13.2 Å². The molecule has 1 rings (SSSR count). The lowest BCUT2D eigenvalue weighted by Gasteiger charge is -2.08. The fourth-order valence-electron chi connectivity index (χ4n) is 1.17. The maximum Gasteiger partial charge on any atom is 0.124 e. The molecule has 1 aromatic rings. The number of halogens is 1. The smallest absolute Gasteiger partial charge is 0.124 e. The van der Waals surface area contributed by atoms with Gasteiger partial charge in [0.25, 0.3) is 0 Å². The Morgan fingerprint density at radius 2 is 1.81 bits per heavy atom. The lowest BCUT2D eigenvalue weighted by Crippen LogP contribution is -1.96. The van der Waals surface area contributed by atoms with Gasteiger partial charge >= 0.3 is 0 Å². The third kappa shape index (κ3) is 4.71. The summed E-state index contributed by atoms with van der Waals surface area (Å²) in [7, 11) is 0. The quantitative estimate of drug-likeness (QED) is 0.755. The summed E-state index contributed by atoms with van der Waals surface area (Å²) in [6.45, 7) is 7.31. The molecule has 0 heterocycles. The third-order valence-corrected chi connectivity index (χ3v) is 2.36. The van der Waals surface area contributed by atoms with Crippen LogP contribution in [0.1, 0.15) is 20.8 Å². The Morgan fingerprint density at radius 3 is 2.38 bits per heavy atom. The summed E-state index contributed by atoms with van der Waals surface area (Å²) < 4.78 is 12.0. The van der Waals surface area contributed by atoms with Gasteiger partial charge in [0.1, 0.15) is 18.1 Å². The molecule has 2 nitrogen and oxygen atoms in total. The number of hydrogen-bond acceptors (Lipinski definition) is 2. The second kappa shape index (κ2) is 6.59. The van der Waals surface area contributed by atoms with Crippen LogP contribution in [0.5, 0.6) is 11.5 Å². The summed E-state index contributed by atoms with van der Waals surface area (Å²) >= 11 is 3.43. The van der Waals surface area contributed by atoms with E-state index in [1.54, 1.807) is 0 Å². The Kier molecular flexibility index (Phi) is 5.39. The average Bonchev–Trinajstić information content (AvgIpc) is 2.16. The first-order valence-electron chi connectivity index (χ1n) is 5.31. The van der Waals surface area contributed by atoms with Gasteiger partial charge in [-0.05, 0) is 39.0 Å². The molecule has 0 amide bonds. The Morgan fingerprint density at radius 1 is 1.19 bits per heavy atom. The molecule has 88 valence electrons. The van der Waals surface area contributed by atoms with Gasteiger partial charge in [0, 0.05) is 10.5 Å². The molecule has 3 heteroatoms. The minimum atomic E-state index is 0.588. The van der Waals surface area contributed by atoms with Crippen molar-refractivity contribution in [3.8, 4) is 11.5 Å². The molecule has 0 atom stereocenters. The van der Waals surface area contributed by atoms with Gasteiger partial charge in [-0.1, -0.05) is 21.5 Å². The van der Waals surface area contributed by atoms with Crippen molar-refractivity contribution in [2.24, 2.45) is 0 Å². The first-order chi connectivity index (χ1) is 7.61. The molecule has 0 radical (unpaired) electrons. The molecule has 0 unspecified atom stereocenters. The van der Waals surface area contributed by atoms with Crippen molar-refractivity contribution in [2.75, 3.05) is 13.2 Å². The van der Waals surface area contributed by atoms with Gasteiger partial charge in [0.15, 0.2) is 0 Å². The minimum Gasteiger partial charge on any atom is -0.494 e. The van der Waals surface area contributed by atoms with E-state index in [9.17, 15) is 0 Å². The molecule has 16 heavy (non-hydrogen) atoms. The Labute approximate surface area is 105 Å². The van der Waals surface area contributed by atoms with Gasteiger partial charge < -0.3 is 9.47 Å². The standard InChI is InChI=1S/C13H17BrO2/c1-4-15-12-7-11(14)8-13(9-12)16-6-5-10(2)3/h5,7-9H,4,6H2,1-3H3. The van der Waals surface area contributed by atoms with E-state index in [-0.39, 0.29) is 0 Å². The number of ether oxygens (including phenoxy) is 2. The molecule has 1 aromatic carbocycles. The highest BCUT2D eigenvalue weighted by atomic mass is 79.9. The van der Waals surface area contributed by atoms with E-state index in [1.807, 2.05) is 31.2 Å². The average molecular weight is 285 g/mol. The van der Waals surface area contributed by atoms with E-state index < -0.39 is 0 Å². The molecule has 0 saturated carbocycles. The maximum atomic E-state index is 5.60. The molecule has 0 bridgehead atoms. The van der Waals surface area contributed by atoms with E-state index in [1.165, 1.54) is 5.57 Å². The zero-order chi connectivity index (χ0) is 12.0. The Hall–Kier alpha value is -0.960. The van der Waals surface area contributed by atoms with Gasteiger partial charge in [0.05, 0.1) is 6.61 Å². The van der Waals surface area contributed by atoms with Gasteiger partial charge in [-0.2, -0.15) is 0 Å². The number of allylic oxidation sites excluding steroid dienone is 1. The van der Waals surface area contributed by atoms with E-state index in [2.05, 4.69) is 29.8 Å². The summed E-state index contributed by atoms with van der Waals surface area (Å²) in [6.07, 6.45) is 2.04. The van der Waals surface area contributed by atoms with Crippen LogP contribution in [0.3, 0.4) is 0 Å². The lowest BCUT2D eigenvalue weighted by molar-refractivity contribution is 0.330. The summed E-state index contributed by atoms with van der Waals surface area (Å²) in [5.41, 5.74) is 1.25. The van der Waals surface area contributed by atoms with Crippen molar-refractivity contribution in [1.29, 1.82) is 0 Å². The summed E-state index contributed by atoms with van der Waals surface area (Å²) in [5.74, 6) is 1.64. The second-order valence-corrected chi connectivity index (χ2v) is 4.56. The van der Waals surface area contributed by atoms with Crippen molar-refractivity contribution in [1.82, 2.24) is 0 Å². The molecule has 0 N–H and O–H groups in total. The van der Waals surface area contributed by atoms with E-state index in [4.69, 9.17) is 9.47 Å². The first kappa shape index (κ1) is 13.1. The third-order valence-electron chi connectivity index (χ3n) is 1.90. The number of rotatable bonds is 5. The maximum absolute atomic E-state index is 5.60. The van der Waals surface area contributed by atoms with Crippen LogP contribution in [0.15, 0.2) is 34.3 Å². The van der Waals surface area contributed by atoms with Gasteiger partial charge in [0.2, 0.25) is 0 Å². The van der Waals surface area contributed by atoms with E-state index >= 15 is 0 Å². The summed E-state index contributed by atoms with van der Waals surface area (Å²) in [5, 5.41) is 0. The SMILES string of the molecule is CCOc1cc(Br)cc(OCC=C(C)C)c1. The fourth-order valence-corrected chi connectivity index (χ4v) is 1.63. The van der Waals surface area contributed by atoms with Crippen LogP contribution < -0.4 is 9.47 Å². The predicted octanol–water partition coefficient (Wildman–Crippen LogP) is 4.19. The van der Waals surface area contributed by atoms with Crippen molar-refractivity contribution in [2.45, 2.75) is 20.8 Å². The molecule has 0 spiro atoms. The topological polar surface area (TPSA) is 18.5 Å². The molecule has 0 fully saturated rings. The van der Waals surface area contributed by atoms with Gasteiger partial charge in [-0.15, -0.1) is 0 Å². The molecule has 0 aliphatic heterocycles. The molecule has 0 aliphatic rings. The molecular weight excluding hydrogens is 268 g/mol. The fraction of sp³-hybridized carbons (Fsp3) is 0.385. The van der Waals surface area contributed by atoms with Crippen molar-refractivity contribution >= 4 is 15.9 Å². The summed E-state index contributed by atoms with van der Waals surface area (Å²) in [4.78, 5) is 0. The Bertz CT molecular complexity index is 368. The number of hydrogen-bond donors (Lipinski definition) is 0. The highest BCUT2D eigenvalue weighted by molar-refractivity contribution is 9.10. The summed E-state index contributed by atoms with van der Waals surface area (Å²) in [6, 6.07) is 5.76. The molecular formula is C13H17BrO2. The first-order valence-corrected chi connectivity index (χ1v) is 6.10.